The maximum absolute atomic E-state index is 12.3. The number of hydrogen-bond acceptors (Lipinski definition) is 4. The van der Waals surface area contributed by atoms with Crippen molar-refractivity contribution < 1.29 is 19.4 Å². The number of carbonyl (C=O) groups is 1. The van der Waals surface area contributed by atoms with E-state index in [0.29, 0.717) is 13.0 Å². The Kier molecular flexibility index (Phi) is 53.1. The molecule has 1 N–H and O–H groups in total. The lowest BCUT2D eigenvalue weighted by Crippen LogP contribution is -2.27. The van der Waals surface area contributed by atoms with Gasteiger partial charge in [-0.2, -0.15) is 0 Å². The van der Waals surface area contributed by atoms with Crippen molar-refractivity contribution in [1.29, 1.82) is 0 Å². The van der Waals surface area contributed by atoms with Crippen LogP contribution in [0.4, 0.5) is 0 Å². The van der Waals surface area contributed by atoms with Crippen molar-refractivity contribution in [3.05, 3.63) is 97.2 Å². The van der Waals surface area contributed by atoms with E-state index in [1.54, 1.807) is 0 Å². The predicted octanol–water partition coefficient (Wildman–Crippen LogP) is 18.4. The van der Waals surface area contributed by atoms with E-state index in [1.165, 1.54) is 161 Å². The molecule has 0 bridgehead atoms. The molecule has 0 aliphatic heterocycles. The van der Waals surface area contributed by atoms with Crippen LogP contribution in [0.1, 0.15) is 245 Å². The van der Waals surface area contributed by atoms with Crippen molar-refractivity contribution in [1.82, 2.24) is 0 Å². The van der Waals surface area contributed by atoms with Gasteiger partial charge in [0.25, 0.3) is 0 Å². The molecule has 362 valence electrons. The fourth-order valence-corrected chi connectivity index (χ4v) is 7.42. The van der Waals surface area contributed by atoms with Crippen LogP contribution in [0.25, 0.3) is 0 Å². The van der Waals surface area contributed by atoms with Gasteiger partial charge in [-0.3, -0.25) is 4.79 Å². The van der Waals surface area contributed by atoms with Crippen molar-refractivity contribution in [3.8, 4) is 0 Å². The normalized spacial score (nSPS) is 13.1. The van der Waals surface area contributed by atoms with Gasteiger partial charge in [0, 0.05) is 13.0 Å². The van der Waals surface area contributed by atoms with E-state index in [9.17, 15) is 9.90 Å². The zero-order valence-electron chi connectivity index (χ0n) is 41.6. The number of aliphatic hydroxyl groups is 1. The Balaban J connectivity index is 3.46. The second-order valence-electron chi connectivity index (χ2n) is 17.6. The standard InChI is InChI=1S/C59H102O4/c1-3-5-7-9-11-13-15-17-19-21-23-25-27-29-31-33-35-37-39-41-43-45-47-49-51-53-55-62-57-58(56-60)63-59(61)54-52-50-48-46-44-42-40-38-36-34-32-30-28-26-24-22-20-18-16-14-12-10-8-6-4-2/h6,8,12,14-15,17-18,20-21,23-24,26-27,29-30,32,58,60H,3-5,7,9-11,13,16,19,22,25,28,31,33-57H2,1-2H3/b8-6-,14-12-,17-15-,20-18-,23-21-,26-24-,29-27-,32-30-. The summed E-state index contributed by atoms with van der Waals surface area (Å²) >= 11 is 0. The van der Waals surface area contributed by atoms with Gasteiger partial charge in [0.05, 0.1) is 13.2 Å². The van der Waals surface area contributed by atoms with E-state index in [4.69, 9.17) is 9.47 Å². The third kappa shape index (κ3) is 53.6. The van der Waals surface area contributed by atoms with Crippen LogP contribution in [0, 0.1) is 0 Å². The van der Waals surface area contributed by atoms with E-state index >= 15 is 0 Å². The summed E-state index contributed by atoms with van der Waals surface area (Å²) in [7, 11) is 0. The molecule has 0 rings (SSSR count). The highest BCUT2D eigenvalue weighted by Crippen LogP contribution is 2.14. The first-order chi connectivity index (χ1) is 31.2. The van der Waals surface area contributed by atoms with Crippen LogP contribution < -0.4 is 0 Å². The molecule has 0 heterocycles. The second kappa shape index (κ2) is 55.4. The summed E-state index contributed by atoms with van der Waals surface area (Å²) in [5.41, 5.74) is 0. The molecule has 1 unspecified atom stereocenters. The third-order valence-corrected chi connectivity index (χ3v) is 11.4. The Hall–Kier alpha value is -2.69. The molecule has 0 aromatic carbocycles. The number of allylic oxidation sites excluding steroid dienone is 16. The summed E-state index contributed by atoms with van der Waals surface area (Å²) in [6, 6.07) is 0. The predicted molar refractivity (Wildman–Crippen MR) is 278 cm³/mol. The van der Waals surface area contributed by atoms with E-state index in [0.717, 1.165) is 64.2 Å². The minimum Gasteiger partial charge on any atom is -0.457 e. The molecule has 0 aromatic heterocycles. The Morgan fingerprint density at radius 1 is 0.397 bits per heavy atom. The zero-order valence-corrected chi connectivity index (χ0v) is 41.6. The lowest BCUT2D eigenvalue weighted by molar-refractivity contribution is -0.154. The third-order valence-electron chi connectivity index (χ3n) is 11.4. The molecule has 0 spiro atoms. The number of hydrogen-bond donors (Lipinski definition) is 1. The number of esters is 1. The first kappa shape index (κ1) is 60.3. The van der Waals surface area contributed by atoms with Crippen LogP contribution in [-0.2, 0) is 14.3 Å². The summed E-state index contributed by atoms with van der Waals surface area (Å²) in [6.07, 6.45) is 79.3. The molecule has 63 heavy (non-hydrogen) atoms. The lowest BCUT2D eigenvalue weighted by Gasteiger charge is -2.16. The van der Waals surface area contributed by atoms with E-state index < -0.39 is 6.10 Å². The molecule has 0 aliphatic rings. The van der Waals surface area contributed by atoms with Gasteiger partial charge in [-0.05, 0) is 96.3 Å². The van der Waals surface area contributed by atoms with Gasteiger partial charge in [0.2, 0.25) is 0 Å². The molecule has 4 heteroatoms. The molecule has 4 nitrogen and oxygen atoms in total. The Morgan fingerprint density at radius 2 is 0.714 bits per heavy atom. The highest BCUT2D eigenvalue weighted by molar-refractivity contribution is 5.69. The average molecular weight is 875 g/mol. The van der Waals surface area contributed by atoms with Crippen LogP contribution >= 0.6 is 0 Å². The number of aliphatic hydroxyl groups excluding tert-OH is 1. The summed E-state index contributed by atoms with van der Waals surface area (Å²) in [4.78, 5) is 12.3. The van der Waals surface area contributed by atoms with Crippen molar-refractivity contribution in [2.45, 2.75) is 251 Å². The molecule has 0 aliphatic carbocycles. The molecular weight excluding hydrogens is 773 g/mol. The first-order valence-electron chi connectivity index (χ1n) is 26.8. The number of unbranched alkanes of at least 4 members (excludes halogenated alkanes) is 25. The Labute approximate surface area is 392 Å². The quantitative estimate of drug-likeness (QED) is 0.0376. The summed E-state index contributed by atoms with van der Waals surface area (Å²) < 4.78 is 11.2. The second-order valence-corrected chi connectivity index (χ2v) is 17.6. The molecule has 0 aromatic rings. The van der Waals surface area contributed by atoms with Gasteiger partial charge in [-0.15, -0.1) is 0 Å². The van der Waals surface area contributed by atoms with Crippen molar-refractivity contribution in [3.63, 3.8) is 0 Å². The smallest absolute Gasteiger partial charge is 0.306 e. The number of rotatable bonds is 49. The maximum atomic E-state index is 12.3. The minimum absolute atomic E-state index is 0.180. The highest BCUT2D eigenvalue weighted by atomic mass is 16.6. The number of ether oxygens (including phenoxy) is 2. The monoisotopic (exact) mass is 875 g/mol. The van der Waals surface area contributed by atoms with Crippen LogP contribution in [0.3, 0.4) is 0 Å². The van der Waals surface area contributed by atoms with Gasteiger partial charge in [0.15, 0.2) is 0 Å². The topological polar surface area (TPSA) is 55.8 Å². The molecular formula is C59H102O4. The van der Waals surface area contributed by atoms with Crippen LogP contribution in [-0.4, -0.2) is 37.0 Å². The Bertz CT molecular complexity index is 1150. The molecule has 0 fully saturated rings. The largest absolute Gasteiger partial charge is 0.457 e. The lowest BCUT2D eigenvalue weighted by atomic mass is 10.1. The first-order valence-corrected chi connectivity index (χ1v) is 26.8. The number of carbonyl (C=O) groups excluding carboxylic acids is 1. The van der Waals surface area contributed by atoms with E-state index in [2.05, 4.69) is 111 Å². The van der Waals surface area contributed by atoms with Crippen LogP contribution in [0.2, 0.25) is 0 Å². The summed E-state index contributed by atoms with van der Waals surface area (Å²) in [5, 5.41) is 9.67. The Morgan fingerprint density at radius 3 is 1.08 bits per heavy atom. The fraction of sp³-hybridized carbons (Fsp3) is 0.712. The van der Waals surface area contributed by atoms with Gasteiger partial charge in [-0.25, -0.2) is 0 Å². The van der Waals surface area contributed by atoms with Gasteiger partial charge < -0.3 is 14.6 Å². The zero-order chi connectivity index (χ0) is 45.5. The van der Waals surface area contributed by atoms with E-state index in [1.807, 2.05) is 0 Å². The van der Waals surface area contributed by atoms with Crippen LogP contribution in [0.15, 0.2) is 97.2 Å². The van der Waals surface area contributed by atoms with Crippen LogP contribution in [0.5, 0.6) is 0 Å². The summed E-state index contributed by atoms with van der Waals surface area (Å²) in [6.45, 7) is 5.22. The van der Waals surface area contributed by atoms with Crippen molar-refractivity contribution >= 4 is 5.97 Å². The van der Waals surface area contributed by atoms with Gasteiger partial charge >= 0.3 is 5.97 Å². The molecule has 0 saturated heterocycles. The van der Waals surface area contributed by atoms with Gasteiger partial charge in [-0.1, -0.05) is 239 Å². The SMILES string of the molecule is CC/C=C\C/C=C\C/C=C\C/C=C\C/C=C\CCCCCCCCCCCC(=O)OC(CO)COCCCCCCCCCCCCC/C=C\C/C=C\C/C=C\CCCCCCC. The van der Waals surface area contributed by atoms with Crippen molar-refractivity contribution in [2.75, 3.05) is 19.8 Å². The summed E-state index contributed by atoms with van der Waals surface area (Å²) in [5.74, 6) is -0.210. The minimum atomic E-state index is -0.547. The molecule has 0 radical (unpaired) electrons. The molecule has 1 atom stereocenters. The highest BCUT2D eigenvalue weighted by Gasteiger charge is 2.13. The molecule has 0 saturated carbocycles. The maximum Gasteiger partial charge on any atom is 0.306 e. The fourth-order valence-electron chi connectivity index (χ4n) is 7.42. The van der Waals surface area contributed by atoms with Gasteiger partial charge in [0.1, 0.15) is 6.10 Å². The van der Waals surface area contributed by atoms with Crippen molar-refractivity contribution in [2.24, 2.45) is 0 Å². The van der Waals surface area contributed by atoms with E-state index in [-0.39, 0.29) is 19.2 Å². The average Bonchev–Trinajstić information content (AvgIpc) is 3.29. The molecule has 0 amide bonds.